The van der Waals surface area contributed by atoms with Crippen LogP contribution in [0.5, 0.6) is 11.5 Å². The molecule has 0 N–H and O–H groups in total. The quantitative estimate of drug-likeness (QED) is 0.0947. The summed E-state index contributed by atoms with van der Waals surface area (Å²) in [6.07, 6.45) is 5.64. The Morgan fingerprint density at radius 2 is 1.18 bits per heavy atom. The summed E-state index contributed by atoms with van der Waals surface area (Å²) in [6.45, 7) is 4.62. The van der Waals surface area contributed by atoms with Crippen LogP contribution in [0.3, 0.4) is 0 Å². The number of hydrogen-bond acceptors (Lipinski definition) is 4. The van der Waals surface area contributed by atoms with E-state index < -0.39 is 0 Å². The van der Waals surface area contributed by atoms with Gasteiger partial charge in [0, 0.05) is 56.9 Å². The molecule has 3 aliphatic heterocycles. The lowest BCUT2D eigenvalue weighted by atomic mass is 9.33. The molecular weight excluding hydrogens is 868 g/mol. The summed E-state index contributed by atoms with van der Waals surface area (Å²) in [5, 5.41) is 2.23. The van der Waals surface area contributed by atoms with Gasteiger partial charge in [-0.05, 0) is 119 Å². The second-order valence-corrected chi connectivity index (χ2v) is 19.3. The Morgan fingerprint density at radius 3 is 1.94 bits per heavy atom. The maximum absolute atomic E-state index is 6.95. The number of nitrogens with zero attached hydrogens (tertiary/aromatic N) is 6. The van der Waals surface area contributed by atoms with Crippen LogP contribution in [0, 0.1) is 6.33 Å². The SMILES string of the molecule is CC1(C)c2ccc(Oc3cccc(-n4c5cc6c7c(c5c5cccnc54)N(c4ccccc4)c4ccccc4B7c4ccccc4N6c4ccccc4)c3)cc2-n2[c-][n+](-c3ccccc3)c3cccc1c32. The molecule has 0 aliphatic carbocycles. The van der Waals surface area contributed by atoms with Crippen molar-refractivity contribution in [1.82, 2.24) is 14.1 Å². The lowest BCUT2D eigenvalue weighted by Gasteiger charge is -2.44. The molecule has 15 rings (SSSR count). The van der Waals surface area contributed by atoms with Gasteiger partial charge in [-0.25, -0.2) is 4.98 Å². The first-order valence-electron chi connectivity index (χ1n) is 24.3. The van der Waals surface area contributed by atoms with Gasteiger partial charge >= 0.3 is 0 Å². The van der Waals surface area contributed by atoms with Gasteiger partial charge in [0.25, 0.3) is 13.0 Å². The van der Waals surface area contributed by atoms with E-state index in [4.69, 9.17) is 9.72 Å². The third-order valence-electron chi connectivity index (χ3n) is 15.1. The van der Waals surface area contributed by atoms with E-state index >= 15 is 0 Å². The van der Waals surface area contributed by atoms with Gasteiger partial charge in [-0.1, -0.05) is 135 Å². The zero-order valence-electron chi connectivity index (χ0n) is 39.0. The molecule has 71 heavy (non-hydrogen) atoms. The smallest absolute Gasteiger partial charge is 0.269 e. The number of rotatable bonds is 6. The fraction of sp³-hybridized carbons (Fsp3) is 0.0476. The molecule has 3 aliphatic rings. The number of imidazole rings is 1. The fourth-order valence-electron chi connectivity index (χ4n) is 12.1. The van der Waals surface area contributed by atoms with E-state index in [1.807, 2.05) is 12.3 Å². The molecule has 0 fully saturated rings. The van der Waals surface area contributed by atoms with E-state index in [-0.39, 0.29) is 12.1 Å². The van der Waals surface area contributed by atoms with Crippen molar-refractivity contribution >= 4 is 90.2 Å². The first kappa shape index (κ1) is 39.8. The van der Waals surface area contributed by atoms with Crippen LogP contribution in [0.15, 0.2) is 225 Å². The molecule has 0 atom stereocenters. The summed E-state index contributed by atoms with van der Waals surface area (Å²) in [5.74, 6) is 1.47. The Hall–Kier alpha value is -9.14. The van der Waals surface area contributed by atoms with Gasteiger partial charge in [-0.15, -0.1) is 0 Å². The van der Waals surface area contributed by atoms with Crippen molar-refractivity contribution < 1.29 is 9.30 Å². The van der Waals surface area contributed by atoms with E-state index in [1.165, 1.54) is 38.9 Å². The van der Waals surface area contributed by atoms with Crippen LogP contribution in [0.1, 0.15) is 25.0 Å². The molecule has 6 heterocycles. The van der Waals surface area contributed by atoms with Crippen molar-refractivity contribution in [2.45, 2.75) is 19.3 Å². The van der Waals surface area contributed by atoms with Crippen molar-refractivity contribution in [2.24, 2.45) is 0 Å². The van der Waals surface area contributed by atoms with Crippen LogP contribution in [-0.4, -0.2) is 20.8 Å². The van der Waals surface area contributed by atoms with Gasteiger partial charge in [-0.2, -0.15) is 0 Å². The van der Waals surface area contributed by atoms with E-state index in [0.717, 1.165) is 84.3 Å². The number of aromatic nitrogens is 4. The molecule has 0 saturated heterocycles. The molecule has 0 radical (unpaired) electrons. The average molecular weight is 911 g/mol. The maximum Gasteiger partial charge on any atom is 0.269 e. The van der Waals surface area contributed by atoms with Crippen molar-refractivity contribution in [3.63, 3.8) is 0 Å². The number of para-hydroxylation sites is 6. The average Bonchev–Trinajstić information content (AvgIpc) is 3.98. The minimum absolute atomic E-state index is 0.0112. The second-order valence-electron chi connectivity index (χ2n) is 19.3. The molecular formula is C63H43BN6O. The van der Waals surface area contributed by atoms with Gasteiger partial charge < -0.3 is 14.5 Å². The third-order valence-corrected chi connectivity index (χ3v) is 15.1. The monoisotopic (exact) mass is 910 g/mol. The largest absolute Gasteiger partial charge is 0.458 e. The second kappa shape index (κ2) is 14.9. The zero-order valence-corrected chi connectivity index (χ0v) is 39.0. The molecule has 8 heteroatoms. The molecule has 3 aromatic heterocycles. The summed E-state index contributed by atoms with van der Waals surface area (Å²) < 4.78 is 13.7. The highest BCUT2D eigenvalue weighted by atomic mass is 16.5. The van der Waals surface area contributed by atoms with Crippen molar-refractivity contribution in [1.29, 1.82) is 0 Å². The third kappa shape index (κ3) is 5.67. The van der Waals surface area contributed by atoms with Crippen molar-refractivity contribution in [3.8, 4) is 28.6 Å². The van der Waals surface area contributed by atoms with Crippen LogP contribution in [0.2, 0.25) is 0 Å². The Balaban J connectivity index is 0.941. The minimum Gasteiger partial charge on any atom is -0.458 e. The molecule has 9 aromatic carbocycles. The summed E-state index contributed by atoms with van der Waals surface area (Å²) >= 11 is 0. The fourth-order valence-corrected chi connectivity index (χ4v) is 12.1. The van der Waals surface area contributed by atoms with Crippen molar-refractivity contribution in [2.75, 3.05) is 9.80 Å². The van der Waals surface area contributed by atoms with Crippen LogP contribution in [0.4, 0.5) is 34.1 Å². The summed E-state index contributed by atoms with van der Waals surface area (Å²) in [5.41, 5.74) is 20.2. The number of pyridine rings is 1. The lowest BCUT2D eigenvalue weighted by Crippen LogP contribution is -2.61. The van der Waals surface area contributed by atoms with Crippen molar-refractivity contribution in [3.05, 3.63) is 242 Å². The van der Waals surface area contributed by atoms with Gasteiger partial charge in [-0.3, -0.25) is 13.7 Å². The van der Waals surface area contributed by atoms with E-state index in [1.54, 1.807) is 0 Å². The highest BCUT2D eigenvalue weighted by molar-refractivity contribution is 7.00. The Morgan fingerprint density at radius 1 is 0.535 bits per heavy atom. The molecule has 7 nitrogen and oxygen atoms in total. The molecule has 334 valence electrons. The van der Waals surface area contributed by atoms with Crippen LogP contribution in [0.25, 0.3) is 50.0 Å². The molecule has 0 amide bonds. The maximum atomic E-state index is 6.95. The predicted molar refractivity (Wildman–Crippen MR) is 288 cm³/mol. The highest BCUT2D eigenvalue weighted by Gasteiger charge is 2.45. The van der Waals surface area contributed by atoms with Gasteiger partial charge in [0.1, 0.15) is 17.1 Å². The summed E-state index contributed by atoms with van der Waals surface area (Å²) in [4.78, 5) is 10.2. The number of hydrogen-bond donors (Lipinski definition) is 0. The Bertz CT molecular complexity index is 4130. The highest BCUT2D eigenvalue weighted by Crippen LogP contribution is 2.50. The molecule has 0 unspecified atom stereocenters. The summed E-state index contributed by atoms with van der Waals surface area (Å²) in [7, 11) is 0. The molecule has 0 spiro atoms. The number of ether oxygens (including phenoxy) is 1. The normalized spacial score (nSPS) is 13.8. The van der Waals surface area contributed by atoms with Gasteiger partial charge in [0.05, 0.1) is 39.3 Å². The standard InChI is InChI=1S/C63H43BN6O/c1-63(2)48-35-34-46(38-55(48)67-40-66(41-19-6-3-7-20-41)54-33-17-28-49(63)60(54)67)71-45-26-16-25-44(37-45)70-56-39-57-59-61(58(56)47-27-18-36-65-62(47)70)69(43-23-10-5-11-24-43)53-32-15-13-30-51(53)64(59)50-29-12-14-31-52(50)68(57)42-21-8-4-9-22-42/h3-39H,1-2H3. The topological polar surface area (TPSA) is 42.3 Å². The first-order valence-corrected chi connectivity index (χ1v) is 24.3. The molecule has 0 bridgehead atoms. The molecule has 0 saturated carbocycles. The van der Waals surface area contributed by atoms with E-state index in [9.17, 15) is 0 Å². The van der Waals surface area contributed by atoms with Gasteiger partial charge in [0.15, 0.2) is 0 Å². The number of benzene rings is 9. The zero-order chi connectivity index (χ0) is 47.0. The van der Waals surface area contributed by atoms with E-state index in [2.05, 4.69) is 256 Å². The van der Waals surface area contributed by atoms with Crippen LogP contribution in [-0.2, 0) is 5.41 Å². The Labute approximate surface area is 411 Å². The first-order chi connectivity index (χ1) is 35.0. The number of fused-ring (bicyclic) bond motifs is 10. The lowest BCUT2D eigenvalue weighted by molar-refractivity contribution is -0.572. The minimum atomic E-state index is -0.248. The predicted octanol–water partition coefficient (Wildman–Crippen LogP) is 12.7. The Kier molecular flexibility index (Phi) is 8.37. The molecule has 12 aromatic rings. The van der Waals surface area contributed by atoms with Crippen LogP contribution < -0.4 is 35.5 Å². The van der Waals surface area contributed by atoms with E-state index in [0.29, 0.717) is 0 Å². The van der Waals surface area contributed by atoms with Crippen LogP contribution >= 0.6 is 0 Å². The van der Waals surface area contributed by atoms with Gasteiger partial charge in [0.2, 0.25) is 0 Å². The number of anilines is 6. The summed E-state index contributed by atoms with van der Waals surface area (Å²) in [6, 6.07) is 78.3.